The summed E-state index contributed by atoms with van der Waals surface area (Å²) in [5.41, 5.74) is 0. The zero-order valence-electron chi connectivity index (χ0n) is 14.3. The van der Waals surface area contributed by atoms with Crippen LogP contribution in [-0.4, -0.2) is 85.7 Å². The van der Waals surface area contributed by atoms with Crippen molar-refractivity contribution in [3.05, 3.63) is 12.7 Å². The van der Waals surface area contributed by atoms with Gasteiger partial charge in [0.15, 0.2) is 0 Å². The Morgan fingerprint density at radius 3 is 2.86 bits per heavy atom. The maximum absolute atomic E-state index is 12.4. The standard InChI is InChI=1S/C17H31N3O2/c1-5-7-19-9-10-22-16-12-20(8-6-15(16)11-19)17(21)13-18(4)14(2)3/h5,14-16H,1,6-13H2,2-4H3. The molecule has 2 saturated heterocycles. The Labute approximate surface area is 134 Å². The van der Waals surface area contributed by atoms with E-state index in [0.717, 1.165) is 45.8 Å². The number of rotatable bonds is 5. The van der Waals surface area contributed by atoms with Crippen molar-refractivity contribution in [1.29, 1.82) is 0 Å². The number of hydrogen-bond acceptors (Lipinski definition) is 4. The average molecular weight is 309 g/mol. The Kier molecular flexibility index (Phi) is 6.41. The maximum Gasteiger partial charge on any atom is 0.236 e. The Morgan fingerprint density at radius 2 is 2.18 bits per heavy atom. The zero-order valence-corrected chi connectivity index (χ0v) is 14.3. The first-order valence-electron chi connectivity index (χ1n) is 8.44. The molecule has 2 fully saturated rings. The van der Waals surface area contributed by atoms with Gasteiger partial charge in [-0.2, -0.15) is 0 Å². The minimum Gasteiger partial charge on any atom is -0.375 e. The van der Waals surface area contributed by atoms with Crippen molar-refractivity contribution in [1.82, 2.24) is 14.7 Å². The molecule has 2 atom stereocenters. The molecule has 1 amide bonds. The first-order chi connectivity index (χ1) is 10.5. The van der Waals surface area contributed by atoms with Crippen molar-refractivity contribution in [3.8, 4) is 0 Å². The third-order valence-electron chi connectivity index (χ3n) is 4.93. The van der Waals surface area contributed by atoms with E-state index in [4.69, 9.17) is 4.74 Å². The maximum atomic E-state index is 12.4. The van der Waals surface area contributed by atoms with Gasteiger partial charge in [0.1, 0.15) is 0 Å². The monoisotopic (exact) mass is 309 g/mol. The van der Waals surface area contributed by atoms with E-state index >= 15 is 0 Å². The highest BCUT2D eigenvalue weighted by atomic mass is 16.5. The van der Waals surface area contributed by atoms with E-state index in [-0.39, 0.29) is 12.0 Å². The number of nitrogens with zero attached hydrogens (tertiary/aromatic N) is 3. The molecule has 2 aliphatic heterocycles. The van der Waals surface area contributed by atoms with E-state index in [1.807, 2.05) is 18.0 Å². The van der Waals surface area contributed by atoms with E-state index in [0.29, 0.717) is 18.5 Å². The quantitative estimate of drug-likeness (QED) is 0.712. The summed E-state index contributed by atoms with van der Waals surface area (Å²) < 4.78 is 6.03. The van der Waals surface area contributed by atoms with E-state index in [2.05, 4.69) is 30.2 Å². The van der Waals surface area contributed by atoms with Crippen LogP contribution in [0.15, 0.2) is 12.7 Å². The van der Waals surface area contributed by atoms with E-state index in [1.165, 1.54) is 0 Å². The number of likely N-dealkylation sites (tertiary alicyclic amines) is 1. The number of carbonyl (C=O) groups excluding carboxylic acids is 1. The van der Waals surface area contributed by atoms with Gasteiger partial charge in [-0.15, -0.1) is 6.58 Å². The first kappa shape index (κ1) is 17.4. The molecule has 0 N–H and O–H groups in total. The van der Waals surface area contributed by atoms with Crippen LogP contribution in [0.4, 0.5) is 0 Å². The van der Waals surface area contributed by atoms with Crippen molar-refractivity contribution in [3.63, 3.8) is 0 Å². The molecule has 0 aliphatic carbocycles. The molecule has 22 heavy (non-hydrogen) atoms. The molecule has 5 heteroatoms. The van der Waals surface area contributed by atoms with Crippen molar-refractivity contribution >= 4 is 5.91 Å². The van der Waals surface area contributed by atoms with Crippen molar-refractivity contribution in [2.75, 3.05) is 52.9 Å². The SMILES string of the molecule is C=CCN1CCOC2CN(C(=O)CN(C)C(C)C)CCC2C1. The number of fused-ring (bicyclic) bond motifs is 1. The van der Waals surface area contributed by atoms with Crippen LogP contribution in [0.3, 0.4) is 0 Å². The lowest BCUT2D eigenvalue weighted by Crippen LogP contribution is -2.51. The summed E-state index contributed by atoms with van der Waals surface area (Å²) in [4.78, 5) is 18.9. The van der Waals surface area contributed by atoms with Crippen LogP contribution in [0.25, 0.3) is 0 Å². The largest absolute Gasteiger partial charge is 0.375 e. The summed E-state index contributed by atoms with van der Waals surface area (Å²) in [7, 11) is 2.00. The lowest BCUT2D eigenvalue weighted by Gasteiger charge is -2.38. The highest BCUT2D eigenvalue weighted by molar-refractivity contribution is 5.78. The fraction of sp³-hybridized carbons (Fsp3) is 0.824. The van der Waals surface area contributed by atoms with Gasteiger partial charge in [0.2, 0.25) is 5.91 Å². The number of carbonyl (C=O) groups is 1. The molecular formula is C17H31N3O2. The van der Waals surface area contributed by atoms with Crippen LogP contribution in [-0.2, 0) is 9.53 Å². The third-order valence-corrected chi connectivity index (χ3v) is 4.93. The minimum atomic E-state index is 0.192. The van der Waals surface area contributed by atoms with Crippen LogP contribution in [0.5, 0.6) is 0 Å². The van der Waals surface area contributed by atoms with E-state index < -0.39 is 0 Å². The lowest BCUT2D eigenvalue weighted by atomic mass is 9.93. The van der Waals surface area contributed by atoms with Crippen molar-refractivity contribution < 1.29 is 9.53 Å². The highest BCUT2D eigenvalue weighted by Gasteiger charge is 2.34. The second kappa shape index (κ2) is 8.09. The van der Waals surface area contributed by atoms with Gasteiger partial charge >= 0.3 is 0 Å². The van der Waals surface area contributed by atoms with Crippen LogP contribution < -0.4 is 0 Å². The highest BCUT2D eigenvalue weighted by Crippen LogP contribution is 2.24. The van der Waals surface area contributed by atoms with Gasteiger partial charge in [-0.25, -0.2) is 0 Å². The second-order valence-corrected chi connectivity index (χ2v) is 6.85. The molecule has 2 rings (SSSR count). The smallest absolute Gasteiger partial charge is 0.236 e. The molecule has 0 bridgehead atoms. The van der Waals surface area contributed by atoms with Gasteiger partial charge < -0.3 is 9.64 Å². The Balaban J connectivity index is 1.88. The molecule has 0 aromatic rings. The summed E-state index contributed by atoms with van der Waals surface area (Å²) in [6.07, 6.45) is 3.19. The Hall–Kier alpha value is -0.910. The number of ether oxygens (including phenoxy) is 1. The summed E-state index contributed by atoms with van der Waals surface area (Å²) >= 11 is 0. The predicted octanol–water partition coefficient (Wildman–Crippen LogP) is 1.06. The Morgan fingerprint density at radius 1 is 1.41 bits per heavy atom. The van der Waals surface area contributed by atoms with Gasteiger partial charge in [-0.3, -0.25) is 14.6 Å². The van der Waals surface area contributed by atoms with Gasteiger partial charge in [0.05, 0.1) is 19.3 Å². The van der Waals surface area contributed by atoms with Crippen LogP contribution in [0, 0.1) is 5.92 Å². The molecular weight excluding hydrogens is 278 g/mol. The first-order valence-corrected chi connectivity index (χ1v) is 8.44. The van der Waals surface area contributed by atoms with Gasteiger partial charge in [-0.1, -0.05) is 6.08 Å². The molecule has 5 nitrogen and oxygen atoms in total. The summed E-state index contributed by atoms with van der Waals surface area (Å²) in [6, 6.07) is 0.392. The average Bonchev–Trinajstić information content (AvgIpc) is 2.68. The third kappa shape index (κ3) is 4.54. The second-order valence-electron chi connectivity index (χ2n) is 6.85. The summed E-state index contributed by atoms with van der Waals surface area (Å²) in [5, 5.41) is 0. The molecule has 0 aromatic carbocycles. The molecule has 126 valence electrons. The molecule has 2 heterocycles. The normalized spacial score (nSPS) is 26.9. The minimum absolute atomic E-state index is 0.192. The Bertz CT molecular complexity index is 386. The number of hydrogen-bond donors (Lipinski definition) is 0. The van der Waals surface area contributed by atoms with Crippen molar-refractivity contribution in [2.24, 2.45) is 5.92 Å². The summed E-state index contributed by atoms with van der Waals surface area (Å²) in [5.74, 6) is 0.764. The molecule has 2 aliphatic rings. The van der Waals surface area contributed by atoms with E-state index in [1.54, 1.807) is 0 Å². The predicted molar refractivity (Wildman–Crippen MR) is 88.8 cm³/mol. The zero-order chi connectivity index (χ0) is 16.1. The number of piperidine rings is 1. The van der Waals surface area contributed by atoms with E-state index in [9.17, 15) is 4.79 Å². The fourth-order valence-corrected chi connectivity index (χ4v) is 3.19. The molecule has 0 spiro atoms. The fourth-order valence-electron chi connectivity index (χ4n) is 3.19. The van der Waals surface area contributed by atoms with Gasteiger partial charge in [0.25, 0.3) is 0 Å². The lowest BCUT2D eigenvalue weighted by molar-refractivity contribution is -0.138. The molecule has 0 aromatic heterocycles. The number of amides is 1. The van der Waals surface area contributed by atoms with Crippen LogP contribution in [0.1, 0.15) is 20.3 Å². The van der Waals surface area contributed by atoms with Crippen LogP contribution in [0.2, 0.25) is 0 Å². The molecule has 0 radical (unpaired) electrons. The number of likely N-dealkylation sites (N-methyl/N-ethyl adjacent to an activating group) is 1. The van der Waals surface area contributed by atoms with Crippen LogP contribution >= 0.6 is 0 Å². The molecule has 0 saturated carbocycles. The summed E-state index contributed by atoms with van der Waals surface area (Å²) in [6.45, 7) is 13.9. The van der Waals surface area contributed by atoms with Gasteiger partial charge in [0, 0.05) is 44.7 Å². The topological polar surface area (TPSA) is 36.0 Å². The van der Waals surface area contributed by atoms with Gasteiger partial charge in [-0.05, 0) is 27.3 Å². The molecule has 2 unspecified atom stereocenters. The van der Waals surface area contributed by atoms with Crippen molar-refractivity contribution in [2.45, 2.75) is 32.4 Å².